The lowest BCUT2D eigenvalue weighted by atomic mass is 10.4. The van der Waals surface area contributed by atoms with E-state index in [9.17, 15) is 0 Å². The molecule has 0 atom stereocenters. The first kappa shape index (κ1) is 12.2. The summed E-state index contributed by atoms with van der Waals surface area (Å²) in [7, 11) is 0. The fourth-order valence-corrected chi connectivity index (χ4v) is 3.52. The van der Waals surface area contributed by atoms with E-state index in [1.54, 1.807) is 17.6 Å². The van der Waals surface area contributed by atoms with Gasteiger partial charge in [-0.1, -0.05) is 0 Å². The molecule has 3 aromatic rings. The molecule has 3 heterocycles. The van der Waals surface area contributed by atoms with Gasteiger partial charge in [-0.15, -0.1) is 11.3 Å². The van der Waals surface area contributed by atoms with Crippen LogP contribution in [0.15, 0.2) is 28.2 Å². The van der Waals surface area contributed by atoms with Gasteiger partial charge in [-0.25, -0.2) is 4.98 Å². The normalized spacial score (nSPS) is 11.0. The Morgan fingerprint density at radius 1 is 1.44 bits per heavy atom. The van der Waals surface area contributed by atoms with Gasteiger partial charge in [-0.05, 0) is 46.3 Å². The van der Waals surface area contributed by atoms with E-state index in [1.165, 1.54) is 0 Å². The summed E-state index contributed by atoms with van der Waals surface area (Å²) in [6, 6.07) is 3.76. The molecule has 0 bridgehead atoms. The third-order valence-electron chi connectivity index (χ3n) is 2.35. The molecule has 7 heteroatoms. The molecule has 0 fully saturated rings. The molecule has 0 aliphatic heterocycles. The molecule has 0 saturated carbocycles. The standard InChI is InChI=1S/C11H7ClIN3OS/c12-11-15-8-7(13)5-18-9(8)10(16-11)14-4-6-2-1-3-17-6/h1-3,5H,4H2,(H,14,15,16). The second kappa shape index (κ2) is 5.02. The Morgan fingerprint density at radius 2 is 2.33 bits per heavy atom. The lowest BCUT2D eigenvalue weighted by Crippen LogP contribution is -2.01. The van der Waals surface area contributed by atoms with Crippen molar-refractivity contribution in [1.82, 2.24) is 9.97 Å². The molecule has 0 aliphatic rings. The van der Waals surface area contributed by atoms with Crippen LogP contribution in [-0.4, -0.2) is 9.97 Å². The van der Waals surface area contributed by atoms with Gasteiger partial charge in [0.1, 0.15) is 17.1 Å². The molecule has 3 aromatic heterocycles. The average molecular weight is 392 g/mol. The Morgan fingerprint density at radius 3 is 3.11 bits per heavy atom. The summed E-state index contributed by atoms with van der Waals surface area (Å²) in [5, 5.41) is 5.51. The van der Waals surface area contributed by atoms with Crippen molar-refractivity contribution in [3.8, 4) is 0 Å². The quantitative estimate of drug-likeness (QED) is 0.538. The average Bonchev–Trinajstić information content (AvgIpc) is 2.97. The summed E-state index contributed by atoms with van der Waals surface area (Å²) >= 11 is 9.77. The third kappa shape index (κ3) is 2.32. The van der Waals surface area contributed by atoms with Crippen LogP contribution in [0.1, 0.15) is 5.76 Å². The van der Waals surface area contributed by atoms with E-state index >= 15 is 0 Å². The largest absolute Gasteiger partial charge is 0.467 e. The van der Waals surface area contributed by atoms with Crippen LogP contribution in [-0.2, 0) is 6.54 Å². The predicted octanol–water partition coefficient (Wildman–Crippen LogP) is 4.15. The topological polar surface area (TPSA) is 51.0 Å². The van der Waals surface area contributed by atoms with Crippen LogP contribution in [0.25, 0.3) is 10.2 Å². The van der Waals surface area contributed by atoms with E-state index < -0.39 is 0 Å². The number of nitrogens with one attached hydrogen (secondary N) is 1. The number of fused-ring (bicyclic) bond motifs is 1. The Labute approximate surface area is 126 Å². The van der Waals surface area contributed by atoms with Crippen LogP contribution in [0.4, 0.5) is 5.82 Å². The molecule has 0 saturated heterocycles. The first-order chi connectivity index (χ1) is 8.74. The fraction of sp³-hybridized carbons (Fsp3) is 0.0909. The highest BCUT2D eigenvalue weighted by Crippen LogP contribution is 2.31. The molecule has 0 radical (unpaired) electrons. The molecule has 1 N–H and O–H groups in total. The van der Waals surface area contributed by atoms with Gasteiger partial charge in [0.05, 0.1) is 21.1 Å². The van der Waals surface area contributed by atoms with Crippen molar-refractivity contribution in [1.29, 1.82) is 0 Å². The SMILES string of the molecule is Clc1nc(NCc2ccco2)c2scc(I)c2n1. The molecule has 0 aromatic carbocycles. The molecule has 3 rings (SSSR count). The Hall–Kier alpha value is -0.860. The smallest absolute Gasteiger partial charge is 0.225 e. The summed E-state index contributed by atoms with van der Waals surface area (Å²) in [6.45, 7) is 0.573. The number of aromatic nitrogens is 2. The van der Waals surface area contributed by atoms with E-state index in [4.69, 9.17) is 16.0 Å². The van der Waals surface area contributed by atoms with E-state index in [0.29, 0.717) is 6.54 Å². The van der Waals surface area contributed by atoms with Crippen molar-refractivity contribution in [2.75, 3.05) is 5.32 Å². The summed E-state index contributed by atoms with van der Waals surface area (Å²) in [5.41, 5.74) is 0.891. The Bertz CT molecular complexity index is 683. The van der Waals surface area contributed by atoms with Crippen molar-refractivity contribution in [3.05, 3.63) is 38.4 Å². The minimum Gasteiger partial charge on any atom is -0.467 e. The zero-order valence-corrected chi connectivity index (χ0v) is 12.7. The van der Waals surface area contributed by atoms with Crippen LogP contribution >= 0.6 is 45.5 Å². The lowest BCUT2D eigenvalue weighted by molar-refractivity contribution is 0.518. The molecule has 0 spiro atoms. The lowest BCUT2D eigenvalue weighted by Gasteiger charge is -2.05. The maximum Gasteiger partial charge on any atom is 0.225 e. The van der Waals surface area contributed by atoms with Gasteiger partial charge in [0.15, 0.2) is 0 Å². The highest BCUT2D eigenvalue weighted by molar-refractivity contribution is 14.1. The molecular weight excluding hydrogens is 385 g/mol. The number of thiophene rings is 1. The monoisotopic (exact) mass is 391 g/mol. The van der Waals surface area contributed by atoms with Crippen LogP contribution in [0, 0.1) is 3.57 Å². The molecule has 18 heavy (non-hydrogen) atoms. The second-order valence-electron chi connectivity index (χ2n) is 3.54. The van der Waals surface area contributed by atoms with Crippen molar-refractivity contribution < 1.29 is 4.42 Å². The van der Waals surface area contributed by atoms with Gasteiger partial charge in [-0.2, -0.15) is 4.98 Å². The van der Waals surface area contributed by atoms with E-state index in [-0.39, 0.29) is 5.28 Å². The van der Waals surface area contributed by atoms with Gasteiger partial charge in [0.2, 0.25) is 5.28 Å². The number of nitrogens with zero attached hydrogens (tertiary/aromatic N) is 2. The van der Waals surface area contributed by atoms with Gasteiger partial charge in [0.25, 0.3) is 0 Å². The van der Waals surface area contributed by atoms with Crippen LogP contribution in [0.2, 0.25) is 5.28 Å². The number of halogens is 2. The van der Waals surface area contributed by atoms with Crippen molar-refractivity contribution in [3.63, 3.8) is 0 Å². The molecule has 0 unspecified atom stereocenters. The number of rotatable bonds is 3. The van der Waals surface area contributed by atoms with E-state index in [1.807, 2.05) is 17.5 Å². The third-order valence-corrected chi connectivity index (χ3v) is 4.74. The predicted molar refractivity (Wildman–Crippen MR) is 81.2 cm³/mol. The minimum absolute atomic E-state index is 0.251. The van der Waals surface area contributed by atoms with Crippen molar-refractivity contribution >= 4 is 61.6 Å². The number of hydrogen-bond donors (Lipinski definition) is 1. The van der Waals surface area contributed by atoms with Gasteiger partial charge in [-0.3, -0.25) is 0 Å². The molecule has 92 valence electrons. The second-order valence-corrected chi connectivity index (χ2v) is 5.92. The first-order valence-corrected chi connectivity index (χ1v) is 7.44. The number of hydrogen-bond acceptors (Lipinski definition) is 5. The number of furan rings is 1. The zero-order chi connectivity index (χ0) is 12.5. The Balaban J connectivity index is 1.95. The fourth-order valence-electron chi connectivity index (χ4n) is 1.57. The van der Waals surface area contributed by atoms with Crippen LogP contribution in [0.3, 0.4) is 0 Å². The van der Waals surface area contributed by atoms with Crippen molar-refractivity contribution in [2.24, 2.45) is 0 Å². The first-order valence-electron chi connectivity index (χ1n) is 5.10. The Kier molecular flexibility index (Phi) is 3.40. The highest BCUT2D eigenvalue weighted by Gasteiger charge is 2.11. The molecular formula is C11H7ClIN3OS. The summed E-state index contributed by atoms with van der Waals surface area (Å²) in [4.78, 5) is 8.46. The van der Waals surface area contributed by atoms with Gasteiger partial charge < -0.3 is 9.73 Å². The van der Waals surface area contributed by atoms with E-state index in [0.717, 1.165) is 25.4 Å². The molecule has 4 nitrogen and oxygen atoms in total. The van der Waals surface area contributed by atoms with Gasteiger partial charge in [0, 0.05) is 5.38 Å². The van der Waals surface area contributed by atoms with Gasteiger partial charge >= 0.3 is 0 Å². The molecule has 0 aliphatic carbocycles. The summed E-state index contributed by atoms with van der Waals surface area (Å²) in [6.07, 6.45) is 1.65. The summed E-state index contributed by atoms with van der Waals surface area (Å²) < 4.78 is 7.36. The summed E-state index contributed by atoms with van der Waals surface area (Å²) in [5.74, 6) is 1.60. The number of anilines is 1. The van der Waals surface area contributed by atoms with E-state index in [2.05, 4.69) is 37.9 Å². The zero-order valence-electron chi connectivity index (χ0n) is 8.98. The minimum atomic E-state index is 0.251. The maximum atomic E-state index is 5.93. The maximum absolute atomic E-state index is 5.93. The van der Waals surface area contributed by atoms with Crippen molar-refractivity contribution in [2.45, 2.75) is 6.54 Å². The van der Waals surface area contributed by atoms with Crippen LogP contribution in [0.5, 0.6) is 0 Å². The molecule has 0 amide bonds. The highest BCUT2D eigenvalue weighted by atomic mass is 127. The van der Waals surface area contributed by atoms with Crippen LogP contribution < -0.4 is 5.32 Å².